The van der Waals surface area contributed by atoms with Crippen LogP contribution in [0.2, 0.25) is 0 Å². The van der Waals surface area contributed by atoms with Crippen LogP contribution in [0.15, 0.2) is 0 Å². The SMILES string of the molecule is CCNC1(CCO)CCCC1. The number of aliphatic hydroxyl groups is 1. The molecule has 0 aromatic heterocycles. The molecule has 1 aliphatic rings. The van der Waals surface area contributed by atoms with Crippen molar-refractivity contribution in [3.05, 3.63) is 0 Å². The van der Waals surface area contributed by atoms with E-state index in [2.05, 4.69) is 12.2 Å². The van der Waals surface area contributed by atoms with Gasteiger partial charge < -0.3 is 10.4 Å². The zero-order valence-electron chi connectivity index (χ0n) is 7.40. The van der Waals surface area contributed by atoms with Crippen LogP contribution in [0.25, 0.3) is 0 Å². The van der Waals surface area contributed by atoms with E-state index in [9.17, 15) is 0 Å². The van der Waals surface area contributed by atoms with E-state index < -0.39 is 0 Å². The molecule has 0 aromatic carbocycles. The van der Waals surface area contributed by atoms with E-state index in [-0.39, 0.29) is 0 Å². The molecule has 2 nitrogen and oxygen atoms in total. The molecule has 0 aromatic rings. The zero-order chi connectivity index (χ0) is 8.16. The van der Waals surface area contributed by atoms with Crippen molar-refractivity contribution in [2.45, 2.75) is 44.6 Å². The van der Waals surface area contributed by atoms with Gasteiger partial charge in [0.15, 0.2) is 0 Å². The minimum Gasteiger partial charge on any atom is -0.396 e. The summed E-state index contributed by atoms with van der Waals surface area (Å²) >= 11 is 0. The topological polar surface area (TPSA) is 32.3 Å². The molecule has 2 heteroatoms. The molecule has 1 aliphatic carbocycles. The summed E-state index contributed by atoms with van der Waals surface area (Å²) < 4.78 is 0. The third-order valence-corrected chi connectivity index (χ3v) is 2.70. The third kappa shape index (κ3) is 2.17. The maximum atomic E-state index is 8.88. The maximum Gasteiger partial charge on any atom is 0.0448 e. The summed E-state index contributed by atoms with van der Waals surface area (Å²) in [5.41, 5.74) is 0.295. The van der Waals surface area contributed by atoms with Crippen molar-refractivity contribution >= 4 is 0 Å². The normalized spacial score (nSPS) is 22.4. The lowest BCUT2D eigenvalue weighted by Gasteiger charge is -2.29. The molecule has 1 saturated carbocycles. The number of rotatable bonds is 4. The third-order valence-electron chi connectivity index (χ3n) is 2.70. The van der Waals surface area contributed by atoms with Crippen molar-refractivity contribution in [2.24, 2.45) is 0 Å². The summed E-state index contributed by atoms with van der Waals surface area (Å²) in [7, 11) is 0. The summed E-state index contributed by atoms with van der Waals surface area (Å²) in [5, 5.41) is 12.4. The molecular weight excluding hydrogens is 138 g/mol. The van der Waals surface area contributed by atoms with Gasteiger partial charge in [-0.2, -0.15) is 0 Å². The Kier molecular flexibility index (Phi) is 3.34. The molecule has 0 bridgehead atoms. The highest BCUT2D eigenvalue weighted by Gasteiger charge is 2.31. The number of hydrogen-bond donors (Lipinski definition) is 2. The van der Waals surface area contributed by atoms with Crippen molar-refractivity contribution < 1.29 is 5.11 Å². The average Bonchev–Trinajstić information content (AvgIpc) is 2.39. The highest BCUT2D eigenvalue weighted by Crippen LogP contribution is 2.31. The van der Waals surface area contributed by atoms with E-state index in [1.807, 2.05) is 0 Å². The van der Waals surface area contributed by atoms with Gasteiger partial charge in [0, 0.05) is 12.1 Å². The van der Waals surface area contributed by atoms with Crippen molar-refractivity contribution in [3.8, 4) is 0 Å². The Morgan fingerprint density at radius 2 is 2.00 bits per heavy atom. The minimum atomic E-state index is 0.295. The first-order valence-electron chi connectivity index (χ1n) is 4.69. The molecule has 0 unspecified atom stereocenters. The molecule has 0 radical (unpaired) electrons. The lowest BCUT2D eigenvalue weighted by atomic mass is 9.94. The molecular formula is C9H19NO. The summed E-state index contributed by atoms with van der Waals surface area (Å²) in [4.78, 5) is 0. The highest BCUT2D eigenvalue weighted by molar-refractivity contribution is 4.91. The summed E-state index contributed by atoms with van der Waals surface area (Å²) in [5.74, 6) is 0. The van der Waals surface area contributed by atoms with Crippen LogP contribution in [-0.4, -0.2) is 23.8 Å². The summed E-state index contributed by atoms with van der Waals surface area (Å²) in [6, 6.07) is 0. The van der Waals surface area contributed by atoms with Gasteiger partial charge in [0.05, 0.1) is 0 Å². The molecule has 2 N–H and O–H groups in total. The van der Waals surface area contributed by atoms with Crippen LogP contribution in [0, 0.1) is 0 Å². The fraction of sp³-hybridized carbons (Fsp3) is 1.00. The molecule has 0 aliphatic heterocycles. The Bertz CT molecular complexity index is 100. The smallest absolute Gasteiger partial charge is 0.0448 e. The minimum absolute atomic E-state index is 0.295. The monoisotopic (exact) mass is 157 g/mol. The second-order valence-corrected chi connectivity index (χ2v) is 3.49. The Balaban J connectivity index is 2.40. The Morgan fingerprint density at radius 3 is 2.45 bits per heavy atom. The second-order valence-electron chi connectivity index (χ2n) is 3.49. The summed E-state index contributed by atoms with van der Waals surface area (Å²) in [6.07, 6.45) is 6.09. The van der Waals surface area contributed by atoms with Gasteiger partial charge in [-0.1, -0.05) is 19.8 Å². The Labute approximate surface area is 69.0 Å². The molecule has 66 valence electrons. The van der Waals surface area contributed by atoms with Gasteiger partial charge in [0.2, 0.25) is 0 Å². The molecule has 0 amide bonds. The molecule has 0 saturated heterocycles. The van der Waals surface area contributed by atoms with E-state index >= 15 is 0 Å². The van der Waals surface area contributed by atoms with Crippen LogP contribution in [-0.2, 0) is 0 Å². The quantitative estimate of drug-likeness (QED) is 0.644. The lowest BCUT2D eigenvalue weighted by Crippen LogP contribution is -2.43. The maximum absolute atomic E-state index is 8.88. The van der Waals surface area contributed by atoms with Crippen LogP contribution >= 0.6 is 0 Å². The molecule has 0 heterocycles. The lowest BCUT2D eigenvalue weighted by molar-refractivity contribution is 0.213. The predicted octanol–water partition coefficient (Wildman–Crippen LogP) is 1.29. The largest absolute Gasteiger partial charge is 0.396 e. The van der Waals surface area contributed by atoms with E-state index in [0.717, 1.165) is 13.0 Å². The number of aliphatic hydroxyl groups excluding tert-OH is 1. The van der Waals surface area contributed by atoms with Crippen LogP contribution in [0.5, 0.6) is 0 Å². The predicted molar refractivity (Wildman–Crippen MR) is 46.6 cm³/mol. The Hall–Kier alpha value is -0.0800. The number of nitrogens with one attached hydrogen (secondary N) is 1. The van der Waals surface area contributed by atoms with Crippen molar-refractivity contribution in [3.63, 3.8) is 0 Å². The van der Waals surface area contributed by atoms with Gasteiger partial charge in [-0.05, 0) is 25.8 Å². The van der Waals surface area contributed by atoms with Gasteiger partial charge in [-0.25, -0.2) is 0 Å². The van der Waals surface area contributed by atoms with Crippen LogP contribution in [0.1, 0.15) is 39.0 Å². The first kappa shape index (κ1) is 9.01. The summed E-state index contributed by atoms with van der Waals surface area (Å²) in [6.45, 7) is 3.49. The Morgan fingerprint density at radius 1 is 1.36 bits per heavy atom. The molecule has 1 fully saturated rings. The van der Waals surface area contributed by atoms with Gasteiger partial charge in [0.1, 0.15) is 0 Å². The number of hydrogen-bond acceptors (Lipinski definition) is 2. The average molecular weight is 157 g/mol. The van der Waals surface area contributed by atoms with E-state index in [4.69, 9.17) is 5.11 Å². The standard InChI is InChI=1S/C9H19NO/c1-2-10-9(7-8-11)5-3-4-6-9/h10-11H,2-8H2,1H3. The van der Waals surface area contributed by atoms with Crippen molar-refractivity contribution in [1.29, 1.82) is 0 Å². The van der Waals surface area contributed by atoms with E-state index in [1.54, 1.807) is 0 Å². The van der Waals surface area contributed by atoms with Crippen LogP contribution in [0.4, 0.5) is 0 Å². The van der Waals surface area contributed by atoms with Crippen LogP contribution in [0.3, 0.4) is 0 Å². The molecule has 1 rings (SSSR count). The fourth-order valence-electron chi connectivity index (χ4n) is 2.16. The molecule has 0 atom stereocenters. The van der Waals surface area contributed by atoms with E-state index in [0.29, 0.717) is 12.1 Å². The van der Waals surface area contributed by atoms with Gasteiger partial charge in [-0.15, -0.1) is 0 Å². The second kappa shape index (κ2) is 4.07. The molecule has 0 spiro atoms. The first-order chi connectivity index (χ1) is 5.33. The van der Waals surface area contributed by atoms with Gasteiger partial charge in [0.25, 0.3) is 0 Å². The zero-order valence-corrected chi connectivity index (χ0v) is 7.40. The molecule has 11 heavy (non-hydrogen) atoms. The van der Waals surface area contributed by atoms with Crippen LogP contribution < -0.4 is 5.32 Å². The fourth-order valence-corrected chi connectivity index (χ4v) is 2.16. The first-order valence-corrected chi connectivity index (χ1v) is 4.69. The van der Waals surface area contributed by atoms with Crippen molar-refractivity contribution in [1.82, 2.24) is 5.32 Å². The highest BCUT2D eigenvalue weighted by atomic mass is 16.3. The van der Waals surface area contributed by atoms with E-state index in [1.165, 1.54) is 25.7 Å². The van der Waals surface area contributed by atoms with Crippen molar-refractivity contribution in [2.75, 3.05) is 13.2 Å². The van der Waals surface area contributed by atoms with Gasteiger partial charge >= 0.3 is 0 Å². The van der Waals surface area contributed by atoms with Gasteiger partial charge in [-0.3, -0.25) is 0 Å².